The summed E-state index contributed by atoms with van der Waals surface area (Å²) in [5.74, 6) is 3.60. The van der Waals surface area contributed by atoms with Crippen molar-refractivity contribution >= 4 is 5.82 Å². The molecule has 0 aromatic carbocycles. The predicted octanol–water partition coefficient (Wildman–Crippen LogP) is 3.60. The summed E-state index contributed by atoms with van der Waals surface area (Å²) in [6.45, 7) is 7.89. The molecule has 4 heteroatoms. The summed E-state index contributed by atoms with van der Waals surface area (Å²) in [5, 5.41) is 3.23. The van der Waals surface area contributed by atoms with E-state index in [-0.39, 0.29) is 0 Å². The molecule has 19 heavy (non-hydrogen) atoms. The van der Waals surface area contributed by atoms with Crippen molar-refractivity contribution in [3.63, 3.8) is 0 Å². The van der Waals surface area contributed by atoms with Crippen molar-refractivity contribution in [2.24, 2.45) is 5.92 Å². The maximum Gasteiger partial charge on any atom is 0.218 e. The monoisotopic (exact) mass is 263 g/mol. The molecule has 1 saturated carbocycles. The van der Waals surface area contributed by atoms with Gasteiger partial charge in [0.05, 0.1) is 6.61 Å². The lowest BCUT2D eigenvalue weighted by molar-refractivity contribution is 0.216. The molecule has 0 saturated heterocycles. The van der Waals surface area contributed by atoms with Crippen LogP contribution in [0, 0.1) is 5.92 Å². The van der Waals surface area contributed by atoms with Gasteiger partial charge in [-0.25, -0.2) is 4.98 Å². The maximum absolute atomic E-state index is 5.80. The van der Waals surface area contributed by atoms with Crippen LogP contribution >= 0.6 is 0 Å². The summed E-state index contributed by atoms with van der Waals surface area (Å²) >= 11 is 0. The van der Waals surface area contributed by atoms with Gasteiger partial charge in [-0.2, -0.15) is 4.98 Å². The molecule has 1 fully saturated rings. The molecule has 0 atom stereocenters. The largest absolute Gasteiger partial charge is 0.478 e. The van der Waals surface area contributed by atoms with E-state index in [0.29, 0.717) is 11.8 Å². The fraction of sp³-hybridized carbons (Fsp3) is 0.733. The second-order valence-electron chi connectivity index (χ2n) is 5.57. The molecular formula is C15H25N3O. The summed E-state index contributed by atoms with van der Waals surface area (Å²) in [7, 11) is 0. The highest BCUT2D eigenvalue weighted by atomic mass is 16.5. The summed E-state index contributed by atoms with van der Waals surface area (Å²) in [5.41, 5.74) is 0. The first-order valence-electron chi connectivity index (χ1n) is 7.44. The van der Waals surface area contributed by atoms with Gasteiger partial charge in [0.15, 0.2) is 0 Å². The molecule has 1 N–H and O–H groups in total. The van der Waals surface area contributed by atoms with Crippen molar-refractivity contribution in [2.45, 2.75) is 52.4 Å². The fourth-order valence-corrected chi connectivity index (χ4v) is 2.16. The summed E-state index contributed by atoms with van der Waals surface area (Å²) < 4.78 is 5.80. The summed E-state index contributed by atoms with van der Waals surface area (Å²) in [6.07, 6.45) is 5.28. The Morgan fingerprint density at radius 1 is 1.37 bits per heavy atom. The summed E-state index contributed by atoms with van der Waals surface area (Å²) in [4.78, 5) is 8.97. The van der Waals surface area contributed by atoms with E-state index in [1.807, 2.05) is 6.07 Å². The molecule has 0 bridgehead atoms. The number of nitrogens with zero attached hydrogens (tertiary/aromatic N) is 2. The molecule has 0 spiro atoms. The normalized spacial score (nSPS) is 15.4. The van der Waals surface area contributed by atoms with Gasteiger partial charge in [0.1, 0.15) is 11.6 Å². The van der Waals surface area contributed by atoms with Crippen molar-refractivity contribution in [2.75, 3.05) is 18.5 Å². The molecule has 1 aromatic heterocycles. The van der Waals surface area contributed by atoms with Gasteiger partial charge in [0, 0.05) is 18.5 Å². The molecule has 0 unspecified atom stereocenters. The Balaban J connectivity index is 1.96. The quantitative estimate of drug-likeness (QED) is 0.816. The first kappa shape index (κ1) is 14.1. The van der Waals surface area contributed by atoms with Crippen molar-refractivity contribution in [3.8, 4) is 5.88 Å². The lowest BCUT2D eigenvalue weighted by atomic mass is 9.83. The van der Waals surface area contributed by atoms with Crippen LogP contribution in [0.1, 0.15) is 58.2 Å². The second kappa shape index (κ2) is 6.73. The molecule has 0 radical (unpaired) electrons. The zero-order valence-electron chi connectivity index (χ0n) is 12.3. The Hall–Kier alpha value is -1.32. The fourth-order valence-electron chi connectivity index (χ4n) is 2.16. The molecule has 2 rings (SSSR count). The highest BCUT2D eigenvalue weighted by Gasteiger charge is 2.17. The van der Waals surface area contributed by atoms with Crippen molar-refractivity contribution in [1.29, 1.82) is 0 Å². The van der Waals surface area contributed by atoms with Crippen LogP contribution < -0.4 is 10.1 Å². The van der Waals surface area contributed by atoms with E-state index >= 15 is 0 Å². The number of rotatable bonds is 7. The molecule has 1 heterocycles. The molecule has 0 amide bonds. The van der Waals surface area contributed by atoms with Crippen LogP contribution in [-0.4, -0.2) is 23.1 Å². The Morgan fingerprint density at radius 2 is 2.16 bits per heavy atom. The molecule has 1 aliphatic rings. The Bertz CT molecular complexity index is 402. The van der Waals surface area contributed by atoms with Gasteiger partial charge in [0.2, 0.25) is 5.88 Å². The number of hydrogen-bond acceptors (Lipinski definition) is 4. The first-order chi connectivity index (χ1) is 9.19. The Morgan fingerprint density at radius 3 is 2.74 bits per heavy atom. The number of anilines is 1. The average molecular weight is 263 g/mol. The van der Waals surface area contributed by atoms with Crippen molar-refractivity contribution in [1.82, 2.24) is 9.97 Å². The third-order valence-electron chi connectivity index (χ3n) is 3.60. The van der Waals surface area contributed by atoms with E-state index in [0.717, 1.165) is 37.1 Å². The summed E-state index contributed by atoms with van der Waals surface area (Å²) in [6, 6.07) is 1.90. The van der Waals surface area contributed by atoms with E-state index in [4.69, 9.17) is 4.74 Å². The van der Waals surface area contributed by atoms with Gasteiger partial charge < -0.3 is 10.1 Å². The van der Waals surface area contributed by atoms with Crippen LogP contribution in [0.2, 0.25) is 0 Å². The lowest BCUT2D eigenvalue weighted by Crippen LogP contribution is -2.15. The van der Waals surface area contributed by atoms with Gasteiger partial charge in [-0.3, -0.25) is 0 Å². The average Bonchev–Trinajstić information content (AvgIpc) is 2.32. The smallest absolute Gasteiger partial charge is 0.218 e. The van der Waals surface area contributed by atoms with E-state index in [1.165, 1.54) is 19.3 Å². The number of aromatic nitrogens is 2. The highest BCUT2D eigenvalue weighted by Crippen LogP contribution is 2.29. The molecule has 106 valence electrons. The van der Waals surface area contributed by atoms with Crippen LogP contribution in [-0.2, 0) is 0 Å². The van der Waals surface area contributed by atoms with Crippen LogP contribution in [0.4, 0.5) is 5.82 Å². The van der Waals surface area contributed by atoms with E-state index in [9.17, 15) is 0 Å². The molecule has 1 aromatic rings. The zero-order valence-corrected chi connectivity index (χ0v) is 12.3. The van der Waals surface area contributed by atoms with Crippen molar-refractivity contribution in [3.05, 3.63) is 11.9 Å². The maximum atomic E-state index is 5.80. The molecule has 0 aliphatic heterocycles. The Labute approximate surface area is 116 Å². The van der Waals surface area contributed by atoms with Crippen LogP contribution in [0.5, 0.6) is 5.88 Å². The molecule has 1 aliphatic carbocycles. The second-order valence-corrected chi connectivity index (χ2v) is 5.57. The molecular weight excluding hydrogens is 238 g/mol. The SMILES string of the molecule is CCNc1cc(OCCC2CCC2)nc(C(C)C)n1. The third-order valence-corrected chi connectivity index (χ3v) is 3.60. The van der Waals surface area contributed by atoms with Gasteiger partial charge in [-0.15, -0.1) is 0 Å². The van der Waals surface area contributed by atoms with Gasteiger partial charge in [0.25, 0.3) is 0 Å². The Kier molecular flexibility index (Phi) is 5.00. The topological polar surface area (TPSA) is 47.0 Å². The van der Waals surface area contributed by atoms with E-state index in [1.54, 1.807) is 0 Å². The van der Waals surface area contributed by atoms with Gasteiger partial charge >= 0.3 is 0 Å². The van der Waals surface area contributed by atoms with Gasteiger partial charge in [-0.05, 0) is 19.3 Å². The first-order valence-corrected chi connectivity index (χ1v) is 7.44. The van der Waals surface area contributed by atoms with Crippen LogP contribution in [0.25, 0.3) is 0 Å². The number of nitrogens with one attached hydrogen (secondary N) is 1. The minimum absolute atomic E-state index is 0.313. The zero-order chi connectivity index (χ0) is 13.7. The molecule has 4 nitrogen and oxygen atoms in total. The van der Waals surface area contributed by atoms with Crippen molar-refractivity contribution < 1.29 is 4.74 Å². The minimum atomic E-state index is 0.313. The lowest BCUT2D eigenvalue weighted by Gasteiger charge is -2.24. The predicted molar refractivity (Wildman–Crippen MR) is 77.7 cm³/mol. The van der Waals surface area contributed by atoms with Gasteiger partial charge in [-0.1, -0.05) is 33.1 Å². The highest BCUT2D eigenvalue weighted by molar-refractivity contribution is 5.38. The van der Waals surface area contributed by atoms with E-state index in [2.05, 4.69) is 36.1 Å². The van der Waals surface area contributed by atoms with Crippen LogP contribution in [0.3, 0.4) is 0 Å². The number of hydrogen-bond donors (Lipinski definition) is 1. The number of ether oxygens (including phenoxy) is 1. The standard InChI is InChI=1S/C15H25N3O/c1-4-16-13-10-14(18-15(17-13)11(2)3)19-9-8-12-6-5-7-12/h10-12H,4-9H2,1-3H3,(H,16,17,18). The minimum Gasteiger partial charge on any atom is -0.478 e. The van der Waals surface area contributed by atoms with E-state index < -0.39 is 0 Å². The third kappa shape index (κ3) is 4.08. The van der Waals surface area contributed by atoms with Crippen LogP contribution in [0.15, 0.2) is 6.07 Å².